The van der Waals surface area contributed by atoms with Gasteiger partial charge in [-0.25, -0.2) is 4.98 Å². The lowest BCUT2D eigenvalue weighted by Crippen LogP contribution is -2.06. The molecule has 1 aromatic carbocycles. The third-order valence-electron chi connectivity index (χ3n) is 3.46. The van der Waals surface area contributed by atoms with Crippen LogP contribution in [0.5, 0.6) is 11.5 Å². The number of methoxy groups -OCH3 is 1. The highest BCUT2D eigenvalue weighted by molar-refractivity contribution is 5.74. The Kier molecular flexibility index (Phi) is 5.42. The first kappa shape index (κ1) is 17.3. The first-order valence-electron chi connectivity index (χ1n) is 7.60. The normalized spacial score (nSPS) is 10.5. The van der Waals surface area contributed by atoms with Gasteiger partial charge in [0.15, 0.2) is 11.5 Å². The largest absolute Gasteiger partial charge is 0.493 e. The molecule has 2 rings (SSSR count). The van der Waals surface area contributed by atoms with Gasteiger partial charge in [-0.2, -0.15) is 10.2 Å². The van der Waals surface area contributed by atoms with Gasteiger partial charge < -0.3 is 20.9 Å². The fourth-order valence-electron chi connectivity index (χ4n) is 2.16. The number of nitrogen functional groups attached to an aromatic ring is 2. The predicted molar refractivity (Wildman–Crippen MR) is 92.5 cm³/mol. The number of aromatic nitrogens is 2. The zero-order valence-electron chi connectivity index (χ0n) is 14.0. The summed E-state index contributed by atoms with van der Waals surface area (Å²) in [5.74, 6) is 1.79. The molecule has 0 spiro atoms. The fraction of sp³-hybridized carbons (Fsp3) is 0.353. The molecular weight excluding hydrogens is 306 g/mol. The first-order valence-corrected chi connectivity index (χ1v) is 7.60. The molecule has 0 aliphatic carbocycles. The standard InChI is InChI=1S/C17H21N5O2/c1-10(2)6-7-24-14-8-11(4-5-13(14)23-3)15-12(9-18)16(19)22-17(20)21-15/h4-5,8,10H,6-7H2,1-3H3,(H4,19,20,21,22). The number of benzene rings is 1. The summed E-state index contributed by atoms with van der Waals surface area (Å²) in [6.45, 7) is 4.82. The van der Waals surface area contributed by atoms with Crippen LogP contribution < -0.4 is 20.9 Å². The van der Waals surface area contributed by atoms with E-state index in [4.69, 9.17) is 20.9 Å². The summed E-state index contributed by atoms with van der Waals surface area (Å²) >= 11 is 0. The molecule has 1 heterocycles. The van der Waals surface area contributed by atoms with Crippen molar-refractivity contribution in [2.45, 2.75) is 20.3 Å². The summed E-state index contributed by atoms with van der Waals surface area (Å²) in [4.78, 5) is 7.97. The molecule has 2 aromatic rings. The second-order valence-corrected chi connectivity index (χ2v) is 5.70. The Bertz CT molecular complexity index is 768. The van der Waals surface area contributed by atoms with Gasteiger partial charge in [0.05, 0.1) is 19.4 Å². The van der Waals surface area contributed by atoms with Gasteiger partial charge in [0.2, 0.25) is 5.95 Å². The van der Waals surface area contributed by atoms with Crippen molar-refractivity contribution in [1.29, 1.82) is 5.26 Å². The summed E-state index contributed by atoms with van der Waals surface area (Å²) in [5.41, 5.74) is 12.6. The van der Waals surface area contributed by atoms with E-state index in [0.717, 1.165) is 6.42 Å². The van der Waals surface area contributed by atoms with Crippen LogP contribution in [0.2, 0.25) is 0 Å². The highest BCUT2D eigenvalue weighted by Gasteiger charge is 2.15. The minimum absolute atomic E-state index is 0.0135. The molecule has 0 saturated heterocycles. The van der Waals surface area contributed by atoms with E-state index in [1.807, 2.05) is 6.07 Å². The van der Waals surface area contributed by atoms with Crippen molar-refractivity contribution in [3.05, 3.63) is 23.8 Å². The van der Waals surface area contributed by atoms with Crippen molar-refractivity contribution in [2.24, 2.45) is 5.92 Å². The van der Waals surface area contributed by atoms with Crippen LogP contribution in [0, 0.1) is 17.2 Å². The zero-order chi connectivity index (χ0) is 17.7. The second-order valence-electron chi connectivity index (χ2n) is 5.70. The first-order chi connectivity index (χ1) is 11.5. The lowest BCUT2D eigenvalue weighted by atomic mass is 10.1. The maximum Gasteiger partial charge on any atom is 0.222 e. The minimum atomic E-state index is 0.0135. The predicted octanol–water partition coefficient (Wildman–Crippen LogP) is 2.61. The van der Waals surface area contributed by atoms with Gasteiger partial charge in [0.1, 0.15) is 17.5 Å². The van der Waals surface area contributed by atoms with E-state index in [-0.39, 0.29) is 17.3 Å². The molecule has 0 saturated carbocycles. The number of nitrogens with two attached hydrogens (primary N) is 2. The Morgan fingerprint density at radius 2 is 1.96 bits per heavy atom. The second kappa shape index (κ2) is 7.51. The Hall–Kier alpha value is -3.01. The van der Waals surface area contributed by atoms with Crippen LogP contribution in [0.3, 0.4) is 0 Å². The average Bonchev–Trinajstić information content (AvgIpc) is 2.53. The van der Waals surface area contributed by atoms with E-state index >= 15 is 0 Å². The van der Waals surface area contributed by atoms with Crippen LogP contribution in [0.15, 0.2) is 18.2 Å². The number of hydrogen-bond acceptors (Lipinski definition) is 7. The summed E-state index contributed by atoms with van der Waals surface area (Å²) in [6.07, 6.45) is 0.921. The molecule has 24 heavy (non-hydrogen) atoms. The maximum absolute atomic E-state index is 9.32. The van der Waals surface area contributed by atoms with E-state index in [0.29, 0.717) is 35.3 Å². The number of nitriles is 1. The van der Waals surface area contributed by atoms with Gasteiger partial charge in [-0.3, -0.25) is 0 Å². The molecular formula is C17H21N5O2. The third kappa shape index (κ3) is 3.84. The van der Waals surface area contributed by atoms with E-state index in [9.17, 15) is 5.26 Å². The van der Waals surface area contributed by atoms with Crippen LogP contribution in [0.4, 0.5) is 11.8 Å². The molecule has 1 aromatic heterocycles. The van der Waals surface area contributed by atoms with Gasteiger partial charge in [-0.1, -0.05) is 13.8 Å². The van der Waals surface area contributed by atoms with Gasteiger partial charge in [0, 0.05) is 5.56 Å². The van der Waals surface area contributed by atoms with Crippen LogP contribution in [0.1, 0.15) is 25.8 Å². The Morgan fingerprint density at radius 3 is 2.58 bits per heavy atom. The Morgan fingerprint density at radius 1 is 1.21 bits per heavy atom. The number of hydrogen-bond donors (Lipinski definition) is 2. The third-order valence-corrected chi connectivity index (χ3v) is 3.46. The summed E-state index contributed by atoms with van der Waals surface area (Å²) < 4.78 is 11.1. The zero-order valence-corrected chi connectivity index (χ0v) is 14.0. The molecule has 0 unspecified atom stereocenters. The molecule has 0 amide bonds. The van der Waals surface area contributed by atoms with E-state index in [2.05, 4.69) is 23.8 Å². The Balaban J connectivity index is 2.44. The van der Waals surface area contributed by atoms with Gasteiger partial charge in [0.25, 0.3) is 0 Å². The molecule has 0 aliphatic heterocycles. The smallest absolute Gasteiger partial charge is 0.222 e. The number of rotatable bonds is 6. The minimum Gasteiger partial charge on any atom is -0.493 e. The van der Waals surface area contributed by atoms with Gasteiger partial charge in [-0.05, 0) is 30.5 Å². The number of ether oxygens (including phenoxy) is 2. The lowest BCUT2D eigenvalue weighted by Gasteiger charge is -2.14. The van der Waals surface area contributed by atoms with Crippen molar-refractivity contribution in [2.75, 3.05) is 25.2 Å². The molecule has 0 atom stereocenters. The summed E-state index contributed by atoms with van der Waals surface area (Å²) in [5, 5.41) is 9.32. The van der Waals surface area contributed by atoms with E-state index in [1.165, 1.54) is 0 Å². The van der Waals surface area contributed by atoms with Crippen LogP contribution in [0.25, 0.3) is 11.3 Å². The lowest BCUT2D eigenvalue weighted by molar-refractivity contribution is 0.273. The molecule has 7 nitrogen and oxygen atoms in total. The molecule has 4 N–H and O–H groups in total. The van der Waals surface area contributed by atoms with Gasteiger partial charge in [-0.15, -0.1) is 0 Å². The number of anilines is 2. The van der Waals surface area contributed by atoms with Gasteiger partial charge >= 0.3 is 0 Å². The fourth-order valence-corrected chi connectivity index (χ4v) is 2.16. The molecule has 0 bridgehead atoms. The highest BCUT2D eigenvalue weighted by atomic mass is 16.5. The summed E-state index contributed by atoms with van der Waals surface area (Å²) in [7, 11) is 1.58. The van der Waals surface area contributed by atoms with Crippen molar-refractivity contribution in [3.63, 3.8) is 0 Å². The average molecular weight is 327 g/mol. The van der Waals surface area contributed by atoms with Crippen molar-refractivity contribution in [1.82, 2.24) is 9.97 Å². The molecule has 126 valence electrons. The molecule has 0 fully saturated rings. The van der Waals surface area contributed by atoms with Crippen LogP contribution >= 0.6 is 0 Å². The maximum atomic E-state index is 9.32. The van der Waals surface area contributed by atoms with Crippen molar-refractivity contribution < 1.29 is 9.47 Å². The van der Waals surface area contributed by atoms with Crippen molar-refractivity contribution >= 4 is 11.8 Å². The van der Waals surface area contributed by atoms with Crippen LogP contribution in [-0.4, -0.2) is 23.7 Å². The molecule has 0 aliphatic rings. The quantitative estimate of drug-likeness (QED) is 0.836. The number of nitrogens with zero attached hydrogens (tertiary/aromatic N) is 3. The van der Waals surface area contributed by atoms with E-state index < -0.39 is 0 Å². The van der Waals surface area contributed by atoms with E-state index in [1.54, 1.807) is 25.3 Å². The topological polar surface area (TPSA) is 120 Å². The SMILES string of the molecule is COc1ccc(-c2nc(N)nc(N)c2C#N)cc1OCCC(C)C. The Labute approximate surface area is 141 Å². The molecule has 0 radical (unpaired) electrons. The monoisotopic (exact) mass is 327 g/mol. The van der Waals surface area contributed by atoms with Crippen molar-refractivity contribution in [3.8, 4) is 28.8 Å². The molecule has 7 heteroatoms. The van der Waals surface area contributed by atoms with Crippen LogP contribution in [-0.2, 0) is 0 Å². The highest BCUT2D eigenvalue weighted by Crippen LogP contribution is 2.34. The summed E-state index contributed by atoms with van der Waals surface area (Å²) in [6, 6.07) is 7.32.